The quantitative estimate of drug-likeness (QED) is 0.724. The fourth-order valence-corrected chi connectivity index (χ4v) is 1.26. The Morgan fingerprint density at radius 1 is 1.43 bits per heavy atom. The first-order chi connectivity index (χ1) is 6.74. The van der Waals surface area contributed by atoms with E-state index in [2.05, 4.69) is 29.1 Å². The van der Waals surface area contributed by atoms with E-state index in [4.69, 9.17) is 4.74 Å². The van der Waals surface area contributed by atoms with Crippen molar-refractivity contribution in [1.82, 2.24) is 0 Å². The first-order valence-electron chi connectivity index (χ1n) is 4.36. The topological polar surface area (TPSA) is 9.23 Å². The van der Waals surface area contributed by atoms with E-state index in [9.17, 15) is 0 Å². The Hall–Kier alpha value is -0.860. The smallest absolute Gasteiger partial charge is 0.101 e. The molecule has 0 aliphatic rings. The lowest BCUT2D eigenvalue weighted by Crippen LogP contribution is -2.02. The van der Waals surface area contributed by atoms with E-state index in [1.54, 1.807) is 6.08 Å². The first kappa shape index (κ1) is 11.2. The lowest BCUT2D eigenvalue weighted by molar-refractivity contribution is 0.109. The molecule has 0 saturated carbocycles. The lowest BCUT2D eigenvalue weighted by atomic mass is 10.1. The molecular formula is C12H13BrO. The highest BCUT2D eigenvalue weighted by Crippen LogP contribution is 2.19. The zero-order valence-corrected chi connectivity index (χ0v) is 9.53. The number of hydrogen-bond acceptors (Lipinski definition) is 1. The van der Waals surface area contributed by atoms with Crippen molar-refractivity contribution < 1.29 is 4.74 Å². The number of hydrogen-bond donors (Lipinski definition) is 0. The molecule has 0 aromatic heterocycles. The van der Waals surface area contributed by atoms with Gasteiger partial charge in [-0.05, 0) is 5.56 Å². The molecule has 0 saturated heterocycles. The van der Waals surface area contributed by atoms with Crippen molar-refractivity contribution in [2.45, 2.75) is 6.10 Å². The average Bonchev–Trinajstić information content (AvgIpc) is 2.20. The third-order valence-corrected chi connectivity index (χ3v) is 1.99. The molecule has 0 heterocycles. The molecule has 0 radical (unpaired) electrons. The van der Waals surface area contributed by atoms with Gasteiger partial charge in [0.1, 0.15) is 6.10 Å². The monoisotopic (exact) mass is 252 g/mol. The largest absolute Gasteiger partial charge is 0.364 e. The summed E-state index contributed by atoms with van der Waals surface area (Å²) in [6.07, 6.45) is 1.72. The van der Waals surface area contributed by atoms with Crippen molar-refractivity contribution in [2.75, 3.05) is 6.61 Å². The minimum Gasteiger partial charge on any atom is -0.364 e. The number of rotatable bonds is 5. The van der Waals surface area contributed by atoms with Crippen LogP contribution in [0, 0.1) is 0 Å². The fraction of sp³-hybridized carbons (Fsp3) is 0.167. The van der Waals surface area contributed by atoms with E-state index in [0.29, 0.717) is 6.61 Å². The van der Waals surface area contributed by atoms with Crippen molar-refractivity contribution in [2.24, 2.45) is 0 Å². The zero-order chi connectivity index (χ0) is 10.4. The van der Waals surface area contributed by atoms with E-state index < -0.39 is 0 Å². The third kappa shape index (κ3) is 3.48. The molecule has 14 heavy (non-hydrogen) atoms. The van der Waals surface area contributed by atoms with Gasteiger partial charge in [0.05, 0.1) is 6.61 Å². The molecule has 0 N–H and O–H groups in total. The minimum absolute atomic E-state index is 0.0644. The fourth-order valence-electron chi connectivity index (χ4n) is 1.12. The van der Waals surface area contributed by atoms with Crippen LogP contribution in [0.5, 0.6) is 0 Å². The molecule has 0 aliphatic carbocycles. The predicted molar refractivity (Wildman–Crippen MR) is 63.4 cm³/mol. The van der Waals surface area contributed by atoms with Crippen LogP contribution in [-0.4, -0.2) is 6.61 Å². The van der Waals surface area contributed by atoms with Gasteiger partial charge >= 0.3 is 0 Å². The highest BCUT2D eigenvalue weighted by molar-refractivity contribution is 9.11. The molecule has 1 aromatic carbocycles. The van der Waals surface area contributed by atoms with Gasteiger partial charge in [-0.1, -0.05) is 58.9 Å². The Labute approximate surface area is 93.2 Å². The second-order valence-corrected chi connectivity index (χ2v) is 4.02. The Kier molecular flexibility index (Phi) is 4.63. The second kappa shape index (κ2) is 5.78. The van der Waals surface area contributed by atoms with Crippen LogP contribution in [0.4, 0.5) is 0 Å². The molecule has 1 atom stereocenters. The molecule has 74 valence electrons. The summed E-state index contributed by atoms with van der Waals surface area (Å²) in [5, 5.41) is 0. The number of benzene rings is 1. The van der Waals surface area contributed by atoms with Gasteiger partial charge in [0.25, 0.3) is 0 Å². The van der Waals surface area contributed by atoms with Crippen LogP contribution < -0.4 is 0 Å². The highest BCUT2D eigenvalue weighted by atomic mass is 79.9. The maximum atomic E-state index is 5.57. The van der Waals surface area contributed by atoms with Crippen LogP contribution in [0.25, 0.3) is 0 Å². The average molecular weight is 253 g/mol. The summed E-state index contributed by atoms with van der Waals surface area (Å²) in [7, 11) is 0. The normalized spacial score (nSPS) is 12.1. The molecule has 1 rings (SSSR count). The van der Waals surface area contributed by atoms with Crippen LogP contribution in [0.1, 0.15) is 11.7 Å². The summed E-state index contributed by atoms with van der Waals surface area (Å²) in [5.74, 6) is 0. The van der Waals surface area contributed by atoms with Crippen molar-refractivity contribution >= 4 is 15.9 Å². The molecule has 1 unspecified atom stereocenters. The summed E-state index contributed by atoms with van der Waals surface area (Å²) >= 11 is 3.25. The van der Waals surface area contributed by atoms with Crippen molar-refractivity contribution in [3.63, 3.8) is 0 Å². The minimum atomic E-state index is -0.0644. The molecule has 0 aliphatic heterocycles. The first-order valence-corrected chi connectivity index (χ1v) is 5.15. The summed E-state index contributed by atoms with van der Waals surface area (Å²) in [6, 6.07) is 9.98. The molecule has 0 bridgehead atoms. The van der Waals surface area contributed by atoms with Crippen molar-refractivity contribution in [1.29, 1.82) is 0 Å². The molecule has 0 fully saturated rings. The van der Waals surface area contributed by atoms with E-state index in [0.717, 1.165) is 10.0 Å². The van der Waals surface area contributed by atoms with Gasteiger partial charge in [0.15, 0.2) is 0 Å². The van der Waals surface area contributed by atoms with Gasteiger partial charge in [-0.2, -0.15) is 0 Å². The zero-order valence-electron chi connectivity index (χ0n) is 7.95. The van der Waals surface area contributed by atoms with Gasteiger partial charge in [-0.15, -0.1) is 6.58 Å². The number of ether oxygens (including phenoxy) is 1. The highest BCUT2D eigenvalue weighted by Gasteiger charge is 2.06. The van der Waals surface area contributed by atoms with Crippen LogP contribution in [0.3, 0.4) is 0 Å². The summed E-state index contributed by atoms with van der Waals surface area (Å²) in [4.78, 5) is 0. The van der Waals surface area contributed by atoms with Gasteiger partial charge in [0, 0.05) is 4.48 Å². The predicted octanol–water partition coefficient (Wildman–Crippen LogP) is 3.84. The molecule has 2 heteroatoms. The van der Waals surface area contributed by atoms with E-state index in [-0.39, 0.29) is 6.10 Å². The number of halogens is 1. The summed E-state index contributed by atoms with van der Waals surface area (Å²) < 4.78 is 6.41. The van der Waals surface area contributed by atoms with Crippen LogP contribution in [0.2, 0.25) is 0 Å². The van der Waals surface area contributed by atoms with Crippen LogP contribution in [0.15, 0.2) is 54.0 Å². The maximum Gasteiger partial charge on any atom is 0.101 e. The van der Waals surface area contributed by atoms with Gasteiger partial charge < -0.3 is 4.74 Å². The Bertz CT molecular complexity index is 305. The summed E-state index contributed by atoms with van der Waals surface area (Å²) in [5.41, 5.74) is 1.11. The SMILES string of the molecule is C=CC(OCC(=C)Br)c1ccccc1. The molecule has 0 amide bonds. The Morgan fingerprint density at radius 2 is 2.07 bits per heavy atom. The van der Waals surface area contributed by atoms with Crippen molar-refractivity contribution in [3.8, 4) is 0 Å². The van der Waals surface area contributed by atoms with Crippen LogP contribution >= 0.6 is 15.9 Å². The standard InChI is InChI=1S/C12H13BrO/c1-3-12(14-9-10(2)13)11-7-5-4-6-8-11/h3-8,12H,1-2,9H2. The summed E-state index contributed by atoms with van der Waals surface area (Å²) in [6.45, 7) is 7.95. The van der Waals surface area contributed by atoms with E-state index >= 15 is 0 Å². The maximum absolute atomic E-state index is 5.57. The molecule has 1 aromatic rings. The van der Waals surface area contributed by atoms with E-state index in [1.165, 1.54) is 0 Å². The van der Waals surface area contributed by atoms with Crippen molar-refractivity contribution in [3.05, 3.63) is 59.6 Å². The van der Waals surface area contributed by atoms with Crippen LogP contribution in [-0.2, 0) is 4.74 Å². The van der Waals surface area contributed by atoms with Gasteiger partial charge in [0.2, 0.25) is 0 Å². The Morgan fingerprint density at radius 3 is 2.57 bits per heavy atom. The molecule has 0 spiro atoms. The van der Waals surface area contributed by atoms with E-state index in [1.807, 2.05) is 30.3 Å². The third-order valence-electron chi connectivity index (χ3n) is 1.76. The van der Waals surface area contributed by atoms with Gasteiger partial charge in [-0.3, -0.25) is 0 Å². The lowest BCUT2D eigenvalue weighted by Gasteiger charge is -2.13. The van der Waals surface area contributed by atoms with Gasteiger partial charge in [-0.25, -0.2) is 0 Å². The second-order valence-electron chi connectivity index (χ2n) is 2.90. The molecular weight excluding hydrogens is 240 g/mol. The molecule has 1 nitrogen and oxygen atoms in total. The Balaban J connectivity index is 2.63.